The van der Waals surface area contributed by atoms with Gasteiger partial charge in [0, 0.05) is 0 Å². The van der Waals surface area contributed by atoms with Gasteiger partial charge in [0.05, 0.1) is 46.2 Å². The molecule has 0 aliphatic heterocycles. The standard InChI is InChI=1S/C8H5ClF4O.C6H14O4/c1-2-14-8-6(12)4(10)3(9)5(11)7(8)13;7-1-3-9-5-6-10-4-2-8/h2H2,1H3;7-8H,1-6H2. The van der Waals surface area contributed by atoms with Gasteiger partial charge in [0.15, 0.2) is 17.4 Å². The summed E-state index contributed by atoms with van der Waals surface area (Å²) in [6.45, 7) is 3.03. The predicted molar refractivity (Wildman–Crippen MR) is 78.3 cm³/mol. The highest BCUT2D eigenvalue weighted by atomic mass is 35.5. The van der Waals surface area contributed by atoms with Gasteiger partial charge in [-0.25, -0.2) is 8.78 Å². The van der Waals surface area contributed by atoms with E-state index < -0.39 is 34.0 Å². The SMILES string of the molecule is CCOc1c(F)c(F)c(Cl)c(F)c1F.OCCOCCOCCO. The summed E-state index contributed by atoms with van der Waals surface area (Å²) in [4.78, 5) is 0. The number of hydrogen-bond donors (Lipinski definition) is 2. The fourth-order valence-corrected chi connectivity index (χ4v) is 1.47. The van der Waals surface area contributed by atoms with Crippen molar-refractivity contribution in [2.24, 2.45) is 0 Å². The first kappa shape index (κ1) is 22.9. The highest BCUT2D eigenvalue weighted by Gasteiger charge is 2.25. The van der Waals surface area contributed by atoms with E-state index in [9.17, 15) is 17.6 Å². The normalized spacial score (nSPS) is 10.3. The molecule has 1 rings (SSSR count). The minimum Gasteiger partial charge on any atom is -0.488 e. The lowest BCUT2D eigenvalue weighted by atomic mass is 10.3. The molecule has 0 saturated heterocycles. The summed E-state index contributed by atoms with van der Waals surface area (Å²) >= 11 is 4.97. The topological polar surface area (TPSA) is 68.2 Å². The molecule has 5 nitrogen and oxygen atoms in total. The van der Waals surface area contributed by atoms with Crippen LogP contribution in [0.15, 0.2) is 0 Å². The van der Waals surface area contributed by atoms with Crippen molar-refractivity contribution < 1.29 is 42.0 Å². The Morgan fingerprint density at radius 2 is 1.21 bits per heavy atom. The Labute approximate surface area is 141 Å². The molecule has 0 amide bonds. The lowest BCUT2D eigenvalue weighted by molar-refractivity contribution is 0.0222. The molecule has 0 aliphatic rings. The molecule has 10 heteroatoms. The summed E-state index contributed by atoms with van der Waals surface area (Å²) in [7, 11) is 0. The summed E-state index contributed by atoms with van der Waals surface area (Å²) in [5, 5.41) is 15.3. The van der Waals surface area contributed by atoms with Gasteiger partial charge in [-0.3, -0.25) is 0 Å². The van der Waals surface area contributed by atoms with E-state index in [1.807, 2.05) is 0 Å². The molecule has 2 N–H and O–H groups in total. The van der Waals surface area contributed by atoms with Crippen LogP contribution in [0.1, 0.15) is 6.92 Å². The molecular formula is C14H19ClF4O5. The number of halogens is 5. The van der Waals surface area contributed by atoms with E-state index >= 15 is 0 Å². The third-order valence-electron chi connectivity index (χ3n) is 2.30. The van der Waals surface area contributed by atoms with Gasteiger partial charge in [-0.1, -0.05) is 11.6 Å². The average Bonchev–Trinajstić information content (AvgIpc) is 2.59. The minimum atomic E-state index is -1.66. The Bertz CT molecular complexity index is 454. The summed E-state index contributed by atoms with van der Waals surface area (Å²) in [5.41, 5.74) is 0. The van der Waals surface area contributed by atoms with Crippen LogP contribution < -0.4 is 4.74 Å². The van der Waals surface area contributed by atoms with Crippen molar-refractivity contribution in [3.63, 3.8) is 0 Å². The zero-order valence-electron chi connectivity index (χ0n) is 13.0. The maximum atomic E-state index is 12.9. The average molecular weight is 379 g/mol. The third-order valence-corrected chi connectivity index (χ3v) is 2.63. The van der Waals surface area contributed by atoms with Gasteiger partial charge in [-0.05, 0) is 6.92 Å². The van der Waals surface area contributed by atoms with Gasteiger partial charge in [0.1, 0.15) is 5.02 Å². The van der Waals surface area contributed by atoms with E-state index in [0.717, 1.165) is 0 Å². The van der Waals surface area contributed by atoms with Crippen molar-refractivity contribution in [1.29, 1.82) is 0 Å². The molecule has 0 aliphatic carbocycles. The Morgan fingerprint density at radius 3 is 1.54 bits per heavy atom. The lowest BCUT2D eigenvalue weighted by Crippen LogP contribution is -2.09. The van der Waals surface area contributed by atoms with Crippen molar-refractivity contribution in [2.45, 2.75) is 6.92 Å². The third kappa shape index (κ3) is 7.63. The first-order chi connectivity index (χ1) is 11.4. The largest absolute Gasteiger partial charge is 0.488 e. The molecule has 0 heterocycles. The Morgan fingerprint density at radius 1 is 0.792 bits per heavy atom. The second-order valence-corrected chi connectivity index (χ2v) is 4.38. The van der Waals surface area contributed by atoms with Gasteiger partial charge in [-0.2, -0.15) is 8.78 Å². The number of benzene rings is 1. The molecule has 0 fully saturated rings. The molecule has 0 atom stereocenters. The van der Waals surface area contributed by atoms with Crippen LogP contribution in [0.3, 0.4) is 0 Å². The van der Waals surface area contributed by atoms with Crippen LogP contribution in [-0.4, -0.2) is 56.5 Å². The maximum absolute atomic E-state index is 12.9. The molecule has 0 unspecified atom stereocenters. The second kappa shape index (κ2) is 13.2. The summed E-state index contributed by atoms with van der Waals surface area (Å²) < 4.78 is 65.5. The molecule has 0 spiro atoms. The highest BCUT2D eigenvalue weighted by Crippen LogP contribution is 2.32. The van der Waals surface area contributed by atoms with E-state index in [0.29, 0.717) is 26.4 Å². The van der Waals surface area contributed by atoms with Crippen LogP contribution in [0.4, 0.5) is 17.6 Å². The maximum Gasteiger partial charge on any atom is 0.205 e. The van der Waals surface area contributed by atoms with Crippen molar-refractivity contribution in [1.82, 2.24) is 0 Å². The van der Waals surface area contributed by atoms with Gasteiger partial charge >= 0.3 is 0 Å². The Balaban J connectivity index is 0.000000470. The van der Waals surface area contributed by atoms with Crippen LogP contribution >= 0.6 is 11.6 Å². The first-order valence-corrected chi connectivity index (χ1v) is 7.31. The second-order valence-electron chi connectivity index (χ2n) is 4.00. The molecule has 140 valence electrons. The van der Waals surface area contributed by atoms with Gasteiger partial charge in [-0.15, -0.1) is 0 Å². The fraction of sp³-hybridized carbons (Fsp3) is 0.571. The van der Waals surface area contributed by atoms with Crippen LogP contribution in [0, 0.1) is 23.3 Å². The quantitative estimate of drug-likeness (QED) is 0.299. The summed E-state index contributed by atoms with van der Waals surface area (Å²) in [6, 6.07) is 0. The van der Waals surface area contributed by atoms with E-state index in [1.54, 1.807) is 0 Å². The van der Waals surface area contributed by atoms with E-state index in [1.165, 1.54) is 6.92 Å². The molecule has 1 aromatic carbocycles. The van der Waals surface area contributed by atoms with Gasteiger partial charge in [0.2, 0.25) is 11.6 Å². The number of ether oxygens (including phenoxy) is 3. The lowest BCUT2D eigenvalue weighted by Gasteiger charge is -2.08. The van der Waals surface area contributed by atoms with E-state index in [-0.39, 0.29) is 19.8 Å². The number of rotatable bonds is 9. The number of aliphatic hydroxyl groups is 2. The zero-order chi connectivity index (χ0) is 18.5. The highest BCUT2D eigenvalue weighted by molar-refractivity contribution is 6.30. The fourth-order valence-electron chi connectivity index (χ4n) is 1.31. The van der Waals surface area contributed by atoms with Crippen LogP contribution in [0.2, 0.25) is 5.02 Å². The predicted octanol–water partition coefficient (Wildman–Crippen LogP) is 2.30. The number of hydrogen-bond acceptors (Lipinski definition) is 5. The molecule has 0 bridgehead atoms. The van der Waals surface area contributed by atoms with Crippen molar-refractivity contribution in [3.05, 3.63) is 28.3 Å². The molecule has 24 heavy (non-hydrogen) atoms. The monoisotopic (exact) mass is 378 g/mol. The first-order valence-electron chi connectivity index (χ1n) is 6.93. The molecule has 0 saturated carbocycles. The summed E-state index contributed by atoms with van der Waals surface area (Å²) in [5.74, 6) is -7.67. The van der Waals surface area contributed by atoms with E-state index in [2.05, 4.69) is 4.74 Å². The zero-order valence-corrected chi connectivity index (χ0v) is 13.7. The smallest absolute Gasteiger partial charge is 0.205 e. The van der Waals surface area contributed by atoms with E-state index in [4.69, 9.17) is 31.3 Å². The van der Waals surface area contributed by atoms with Gasteiger partial charge in [0.25, 0.3) is 0 Å². The molecule has 1 aromatic rings. The summed E-state index contributed by atoms with van der Waals surface area (Å²) in [6.07, 6.45) is 0. The van der Waals surface area contributed by atoms with Crippen molar-refractivity contribution in [2.75, 3.05) is 46.2 Å². The Kier molecular flexibility index (Phi) is 12.6. The van der Waals surface area contributed by atoms with Crippen LogP contribution in [-0.2, 0) is 9.47 Å². The molecule has 0 aromatic heterocycles. The number of aliphatic hydroxyl groups excluding tert-OH is 2. The van der Waals surface area contributed by atoms with Crippen molar-refractivity contribution in [3.8, 4) is 5.75 Å². The van der Waals surface area contributed by atoms with Crippen LogP contribution in [0.5, 0.6) is 5.75 Å². The van der Waals surface area contributed by atoms with Crippen molar-refractivity contribution >= 4 is 11.6 Å². The van der Waals surface area contributed by atoms with Gasteiger partial charge < -0.3 is 24.4 Å². The Hall–Kier alpha value is -1.13. The molecule has 0 radical (unpaired) electrons. The minimum absolute atomic E-state index is 0.0417. The molecular weight excluding hydrogens is 360 g/mol. The van der Waals surface area contributed by atoms with Crippen LogP contribution in [0.25, 0.3) is 0 Å².